The zero-order valence-corrected chi connectivity index (χ0v) is 11.6. The van der Waals surface area contributed by atoms with Gasteiger partial charge in [-0.3, -0.25) is 4.90 Å². The molecule has 1 aliphatic rings. The summed E-state index contributed by atoms with van der Waals surface area (Å²) in [5.74, 6) is 0. The Morgan fingerprint density at radius 1 is 1.41 bits per heavy atom. The van der Waals surface area contributed by atoms with E-state index in [1.54, 1.807) is 0 Å². The molecule has 0 unspecified atom stereocenters. The van der Waals surface area contributed by atoms with Crippen molar-refractivity contribution in [3.8, 4) is 0 Å². The van der Waals surface area contributed by atoms with Crippen LogP contribution in [-0.2, 0) is 0 Å². The molecule has 0 radical (unpaired) electrons. The van der Waals surface area contributed by atoms with Gasteiger partial charge in [0.2, 0.25) is 0 Å². The van der Waals surface area contributed by atoms with Gasteiger partial charge in [0, 0.05) is 20.1 Å². The van der Waals surface area contributed by atoms with E-state index in [1.165, 1.54) is 25.0 Å². The molecule has 0 atom stereocenters. The van der Waals surface area contributed by atoms with Crippen LogP contribution < -0.4 is 5.32 Å². The number of nitrogens with one attached hydrogen (secondary N) is 1. The van der Waals surface area contributed by atoms with Gasteiger partial charge in [-0.1, -0.05) is 13.0 Å². The quantitative estimate of drug-likeness (QED) is 0.648. The smallest absolute Gasteiger partial charge is 0.0356 e. The fourth-order valence-electron chi connectivity index (χ4n) is 1.97. The molecule has 0 bridgehead atoms. The number of likely N-dealkylation sites (N-methyl/N-ethyl adjacent to an activating group) is 2. The van der Waals surface area contributed by atoms with Gasteiger partial charge in [0.25, 0.3) is 0 Å². The lowest BCUT2D eigenvalue weighted by molar-refractivity contribution is 0.305. The first-order valence-corrected chi connectivity index (χ1v) is 6.70. The van der Waals surface area contributed by atoms with Crippen molar-refractivity contribution in [2.24, 2.45) is 0 Å². The van der Waals surface area contributed by atoms with Crippen LogP contribution in [0.4, 0.5) is 0 Å². The summed E-state index contributed by atoms with van der Waals surface area (Å²) in [6.45, 7) is 7.87. The van der Waals surface area contributed by atoms with Crippen LogP contribution in [-0.4, -0.2) is 56.6 Å². The molecule has 3 nitrogen and oxygen atoms in total. The van der Waals surface area contributed by atoms with Crippen molar-refractivity contribution in [1.29, 1.82) is 0 Å². The highest BCUT2D eigenvalue weighted by Crippen LogP contribution is 2.08. The Labute approximate surface area is 106 Å². The first-order chi connectivity index (χ1) is 8.26. The van der Waals surface area contributed by atoms with Crippen molar-refractivity contribution >= 4 is 0 Å². The molecule has 0 aromatic heterocycles. The van der Waals surface area contributed by atoms with Gasteiger partial charge in [-0.25, -0.2) is 0 Å². The van der Waals surface area contributed by atoms with Crippen molar-refractivity contribution < 1.29 is 0 Å². The molecule has 17 heavy (non-hydrogen) atoms. The monoisotopic (exact) mass is 237 g/mol. The van der Waals surface area contributed by atoms with Crippen LogP contribution in [0.2, 0.25) is 0 Å². The normalized spacial score (nSPS) is 15.5. The predicted octanol–water partition coefficient (Wildman–Crippen LogP) is 1.69. The van der Waals surface area contributed by atoms with E-state index >= 15 is 0 Å². The van der Waals surface area contributed by atoms with Crippen LogP contribution >= 0.6 is 0 Å². The highest BCUT2D eigenvalue weighted by atomic mass is 15.1. The van der Waals surface area contributed by atoms with Gasteiger partial charge in [0.15, 0.2) is 0 Å². The number of nitrogens with zero attached hydrogens (tertiary/aromatic N) is 2. The van der Waals surface area contributed by atoms with E-state index in [4.69, 9.17) is 0 Å². The van der Waals surface area contributed by atoms with Gasteiger partial charge in [-0.2, -0.15) is 0 Å². The fourth-order valence-corrected chi connectivity index (χ4v) is 1.97. The molecule has 0 saturated carbocycles. The molecule has 1 rings (SSSR count). The van der Waals surface area contributed by atoms with E-state index in [9.17, 15) is 0 Å². The van der Waals surface area contributed by atoms with Crippen LogP contribution in [0.5, 0.6) is 0 Å². The van der Waals surface area contributed by atoms with Crippen LogP contribution in [0.25, 0.3) is 0 Å². The van der Waals surface area contributed by atoms with Crippen molar-refractivity contribution in [3.63, 3.8) is 0 Å². The van der Waals surface area contributed by atoms with E-state index in [0.29, 0.717) is 0 Å². The van der Waals surface area contributed by atoms with Crippen molar-refractivity contribution in [1.82, 2.24) is 15.1 Å². The van der Waals surface area contributed by atoms with Crippen molar-refractivity contribution in [2.75, 3.05) is 46.8 Å². The highest BCUT2D eigenvalue weighted by molar-refractivity contribution is 5.23. The van der Waals surface area contributed by atoms with Gasteiger partial charge >= 0.3 is 0 Å². The van der Waals surface area contributed by atoms with E-state index in [-0.39, 0.29) is 0 Å². The lowest BCUT2D eigenvalue weighted by Gasteiger charge is -2.24. The third-order valence-electron chi connectivity index (χ3n) is 3.19. The summed E-state index contributed by atoms with van der Waals surface area (Å²) >= 11 is 0. The second kappa shape index (κ2) is 8.31. The van der Waals surface area contributed by atoms with E-state index in [2.05, 4.69) is 47.4 Å². The molecule has 1 aliphatic heterocycles. The summed E-state index contributed by atoms with van der Waals surface area (Å²) in [5, 5.41) is 3.20. The Bertz CT molecular complexity index is 258. The summed E-state index contributed by atoms with van der Waals surface area (Å²) in [6.07, 6.45) is 9.29. The Kier molecular flexibility index (Phi) is 6.97. The second-order valence-electron chi connectivity index (χ2n) is 4.71. The van der Waals surface area contributed by atoms with Gasteiger partial charge in [-0.15, -0.1) is 0 Å². The molecule has 0 fully saturated rings. The first-order valence-electron chi connectivity index (χ1n) is 6.70. The standard InChI is InChI=1S/C14H27N3/c1-4-17(10-6-5-9-15-2)13-14-7-11-16(3)12-8-14/h7-8,11,15H,4-6,9-10,12-13H2,1-3H3. The molecule has 1 N–H and O–H groups in total. The minimum Gasteiger partial charge on any atom is -0.377 e. The summed E-state index contributed by atoms with van der Waals surface area (Å²) in [5.41, 5.74) is 1.46. The lowest BCUT2D eigenvalue weighted by atomic mass is 10.1. The summed E-state index contributed by atoms with van der Waals surface area (Å²) < 4.78 is 0. The van der Waals surface area contributed by atoms with Crippen molar-refractivity contribution in [3.05, 3.63) is 23.9 Å². The number of unbranched alkanes of at least 4 members (excludes halogenated alkanes) is 1. The molecule has 0 aromatic carbocycles. The SMILES string of the molecule is CCN(CCCCNC)CC1=CCN(C)C=C1. The summed E-state index contributed by atoms with van der Waals surface area (Å²) in [4.78, 5) is 4.73. The van der Waals surface area contributed by atoms with Crippen LogP contribution in [0.3, 0.4) is 0 Å². The Hall–Kier alpha value is -0.800. The minimum absolute atomic E-state index is 1.04. The maximum atomic E-state index is 3.20. The largest absolute Gasteiger partial charge is 0.377 e. The average Bonchev–Trinajstić information content (AvgIpc) is 2.35. The minimum atomic E-state index is 1.04. The first kappa shape index (κ1) is 14.3. The van der Waals surface area contributed by atoms with Gasteiger partial charge in [0.05, 0.1) is 0 Å². The molecule has 0 spiro atoms. The number of rotatable bonds is 8. The molecular weight excluding hydrogens is 210 g/mol. The second-order valence-corrected chi connectivity index (χ2v) is 4.71. The molecule has 0 aromatic rings. The molecule has 0 aliphatic carbocycles. The molecule has 0 amide bonds. The van der Waals surface area contributed by atoms with Crippen LogP contribution in [0.15, 0.2) is 23.9 Å². The Balaban J connectivity index is 2.24. The summed E-state index contributed by atoms with van der Waals surface area (Å²) in [7, 11) is 4.13. The number of hydrogen-bond acceptors (Lipinski definition) is 3. The van der Waals surface area contributed by atoms with Crippen molar-refractivity contribution in [2.45, 2.75) is 19.8 Å². The molecule has 0 saturated heterocycles. The molecule has 1 heterocycles. The lowest BCUT2D eigenvalue weighted by Crippen LogP contribution is -2.28. The molecular formula is C14H27N3. The Morgan fingerprint density at radius 3 is 2.82 bits per heavy atom. The summed E-state index contributed by atoms with van der Waals surface area (Å²) in [6, 6.07) is 0. The maximum Gasteiger partial charge on any atom is 0.0356 e. The van der Waals surface area contributed by atoms with Crippen LogP contribution in [0.1, 0.15) is 19.8 Å². The predicted molar refractivity (Wildman–Crippen MR) is 75.1 cm³/mol. The fraction of sp³-hybridized carbons (Fsp3) is 0.714. The zero-order chi connectivity index (χ0) is 12.5. The Morgan fingerprint density at radius 2 is 2.24 bits per heavy atom. The molecule has 98 valence electrons. The van der Waals surface area contributed by atoms with E-state index in [0.717, 1.165) is 26.2 Å². The maximum absolute atomic E-state index is 3.20. The molecule has 3 heteroatoms. The highest BCUT2D eigenvalue weighted by Gasteiger charge is 2.06. The van der Waals surface area contributed by atoms with E-state index < -0.39 is 0 Å². The third-order valence-corrected chi connectivity index (χ3v) is 3.19. The average molecular weight is 237 g/mol. The topological polar surface area (TPSA) is 18.5 Å². The van der Waals surface area contributed by atoms with Gasteiger partial charge < -0.3 is 10.2 Å². The number of hydrogen-bond donors (Lipinski definition) is 1. The van der Waals surface area contributed by atoms with Gasteiger partial charge in [0.1, 0.15) is 0 Å². The van der Waals surface area contributed by atoms with Gasteiger partial charge in [-0.05, 0) is 57.4 Å². The third kappa shape index (κ3) is 5.89. The van der Waals surface area contributed by atoms with Crippen LogP contribution in [0, 0.1) is 0 Å². The zero-order valence-electron chi connectivity index (χ0n) is 11.6. The van der Waals surface area contributed by atoms with E-state index in [1.807, 2.05) is 7.05 Å².